The molecule has 88 valence electrons. The van der Waals surface area contributed by atoms with Gasteiger partial charge in [-0.15, -0.1) is 0 Å². The monoisotopic (exact) mass is 236 g/mol. The molecule has 0 aliphatic heterocycles. The van der Waals surface area contributed by atoms with Crippen LogP contribution in [0, 0.1) is 0 Å². The number of hydrogen-bond acceptors (Lipinski definition) is 2. The first-order valence-electron chi connectivity index (χ1n) is 6.06. The Labute approximate surface area is 102 Å². The first-order chi connectivity index (χ1) is 7.81. The van der Waals surface area contributed by atoms with Crippen molar-refractivity contribution in [3.8, 4) is 0 Å². The summed E-state index contributed by atoms with van der Waals surface area (Å²) in [4.78, 5) is 0. The molecule has 16 heavy (non-hydrogen) atoms. The van der Waals surface area contributed by atoms with Crippen LogP contribution in [0.15, 0.2) is 24.3 Å². The summed E-state index contributed by atoms with van der Waals surface area (Å²) in [5, 5.41) is 9.91. The topological polar surface area (TPSA) is 20.2 Å². The zero-order chi connectivity index (χ0) is 11.4. The van der Waals surface area contributed by atoms with Crippen molar-refractivity contribution in [2.75, 3.05) is 12.0 Å². The van der Waals surface area contributed by atoms with Gasteiger partial charge in [-0.2, -0.15) is 11.8 Å². The van der Waals surface area contributed by atoms with Gasteiger partial charge in [0.1, 0.15) is 0 Å². The van der Waals surface area contributed by atoms with Gasteiger partial charge >= 0.3 is 0 Å². The van der Waals surface area contributed by atoms with Crippen LogP contribution in [-0.2, 0) is 6.42 Å². The summed E-state index contributed by atoms with van der Waals surface area (Å²) in [5.41, 5.74) is 2.98. The van der Waals surface area contributed by atoms with Gasteiger partial charge in [0.2, 0.25) is 0 Å². The number of hydrogen-bond donors (Lipinski definition) is 1. The number of thioether (sulfide) groups is 1. The highest BCUT2D eigenvalue weighted by atomic mass is 32.2. The standard InChI is InChI=1S/C14H20OS/c1-16-10-13(15)9-12-7-4-6-11-5-2-3-8-14(11)12/h2-3,5,8,12-13,15H,4,6-7,9-10H2,1H3. The van der Waals surface area contributed by atoms with Gasteiger partial charge in [0.05, 0.1) is 6.10 Å². The number of aliphatic hydroxyl groups excluding tert-OH is 1. The lowest BCUT2D eigenvalue weighted by Gasteiger charge is -2.27. The van der Waals surface area contributed by atoms with E-state index >= 15 is 0 Å². The molecule has 1 aliphatic rings. The first kappa shape index (κ1) is 12.0. The second kappa shape index (κ2) is 5.74. The molecule has 0 fully saturated rings. The van der Waals surface area contributed by atoms with Gasteiger partial charge in [0, 0.05) is 5.75 Å². The van der Waals surface area contributed by atoms with Crippen molar-refractivity contribution < 1.29 is 5.11 Å². The normalized spacial score (nSPS) is 21.5. The van der Waals surface area contributed by atoms with Crippen LogP contribution in [-0.4, -0.2) is 23.2 Å². The maximum absolute atomic E-state index is 9.91. The van der Waals surface area contributed by atoms with E-state index in [9.17, 15) is 5.11 Å². The summed E-state index contributed by atoms with van der Waals surface area (Å²) in [6, 6.07) is 8.73. The van der Waals surface area contributed by atoms with E-state index in [0.717, 1.165) is 12.2 Å². The fourth-order valence-electron chi connectivity index (χ4n) is 2.69. The fraction of sp³-hybridized carbons (Fsp3) is 0.571. The van der Waals surface area contributed by atoms with Crippen LogP contribution in [0.5, 0.6) is 0 Å². The van der Waals surface area contributed by atoms with Crippen LogP contribution in [0.4, 0.5) is 0 Å². The molecular weight excluding hydrogens is 216 g/mol. The molecule has 2 unspecified atom stereocenters. The Morgan fingerprint density at radius 2 is 2.25 bits per heavy atom. The summed E-state index contributed by atoms with van der Waals surface area (Å²) < 4.78 is 0. The van der Waals surface area contributed by atoms with Crippen molar-refractivity contribution in [2.45, 2.75) is 37.7 Å². The lowest BCUT2D eigenvalue weighted by molar-refractivity contribution is 0.175. The Bertz CT molecular complexity index is 337. The van der Waals surface area contributed by atoms with Gasteiger partial charge in [-0.1, -0.05) is 24.3 Å². The lowest BCUT2D eigenvalue weighted by atomic mass is 9.80. The van der Waals surface area contributed by atoms with Crippen LogP contribution in [0.1, 0.15) is 36.3 Å². The van der Waals surface area contributed by atoms with Gasteiger partial charge in [-0.25, -0.2) is 0 Å². The summed E-state index contributed by atoms with van der Waals surface area (Å²) in [6.45, 7) is 0. The molecule has 0 aromatic heterocycles. The average molecular weight is 236 g/mol. The van der Waals surface area contributed by atoms with Gasteiger partial charge in [-0.05, 0) is 49.0 Å². The Hall–Kier alpha value is -0.470. The Balaban J connectivity index is 2.07. The smallest absolute Gasteiger partial charge is 0.0636 e. The first-order valence-corrected chi connectivity index (χ1v) is 7.45. The predicted molar refractivity (Wildman–Crippen MR) is 71.1 cm³/mol. The van der Waals surface area contributed by atoms with E-state index in [1.165, 1.54) is 30.4 Å². The van der Waals surface area contributed by atoms with E-state index < -0.39 is 0 Å². The molecule has 2 heteroatoms. The summed E-state index contributed by atoms with van der Waals surface area (Å²) in [5.74, 6) is 1.44. The Morgan fingerprint density at radius 3 is 3.06 bits per heavy atom. The van der Waals surface area contributed by atoms with Crippen LogP contribution in [0.3, 0.4) is 0 Å². The van der Waals surface area contributed by atoms with E-state index in [1.54, 1.807) is 11.8 Å². The molecule has 0 saturated carbocycles. The molecule has 0 radical (unpaired) electrons. The average Bonchev–Trinajstić information content (AvgIpc) is 2.30. The molecule has 0 spiro atoms. The van der Waals surface area contributed by atoms with Crippen molar-refractivity contribution in [3.63, 3.8) is 0 Å². The zero-order valence-electron chi connectivity index (χ0n) is 9.86. The molecule has 2 rings (SSSR count). The third-order valence-electron chi connectivity index (χ3n) is 3.41. The highest BCUT2D eigenvalue weighted by Gasteiger charge is 2.21. The van der Waals surface area contributed by atoms with E-state index in [0.29, 0.717) is 5.92 Å². The second-order valence-electron chi connectivity index (χ2n) is 4.63. The van der Waals surface area contributed by atoms with Crippen LogP contribution < -0.4 is 0 Å². The van der Waals surface area contributed by atoms with Gasteiger partial charge in [0.25, 0.3) is 0 Å². The molecule has 1 aliphatic carbocycles. The molecule has 1 aromatic rings. The molecule has 1 nitrogen and oxygen atoms in total. The van der Waals surface area contributed by atoms with Crippen molar-refractivity contribution in [2.24, 2.45) is 0 Å². The van der Waals surface area contributed by atoms with Crippen LogP contribution in [0.2, 0.25) is 0 Å². The highest BCUT2D eigenvalue weighted by Crippen LogP contribution is 2.34. The van der Waals surface area contributed by atoms with Gasteiger partial charge in [0.15, 0.2) is 0 Å². The minimum Gasteiger partial charge on any atom is -0.392 e. The minimum absolute atomic E-state index is 0.147. The predicted octanol–water partition coefficient (Wildman–Crippen LogP) is 3.22. The second-order valence-corrected chi connectivity index (χ2v) is 5.54. The van der Waals surface area contributed by atoms with Crippen LogP contribution in [0.25, 0.3) is 0 Å². The van der Waals surface area contributed by atoms with E-state index in [-0.39, 0.29) is 6.10 Å². The van der Waals surface area contributed by atoms with Crippen molar-refractivity contribution >= 4 is 11.8 Å². The zero-order valence-corrected chi connectivity index (χ0v) is 10.7. The third kappa shape index (κ3) is 2.80. The molecule has 0 bridgehead atoms. The number of aryl methyl sites for hydroxylation is 1. The van der Waals surface area contributed by atoms with E-state index in [1.807, 2.05) is 0 Å². The molecule has 1 aromatic carbocycles. The minimum atomic E-state index is -0.147. The number of rotatable bonds is 4. The third-order valence-corrected chi connectivity index (χ3v) is 4.13. The van der Waals surface area contributed by atoms with E-state index in [4.69, 9.17) is 0 Å². The largest absolute Gasteiger partial charge is 0.392 e. The van der Waals surface area contributed by atoms with Crippen molar-refractivity contribution in [3.05, 3.63) is 35.4 Å². The maximum atomic E-state index is 9.91. The van der Waals surface area contributed by atoms with Crippen LogP contribution >= 0.6 is 11.8 Å². The highest BCUT2D eigenvalue weighted by molar-refractivity contribution is 7.98. The number of benzene rings is 1. The molecule has 2 atom stereocenters. The van der Waals surface area contributed by atoms with Gasteiger partial charge in [-0.3, -0.25) is 0 Å². The molecule has 0 heterocycles. The quantitative estimate of drug-likeness (QED) is 0.866. The number of aliphatic hydroxyl groups is 1. The molecule has 1 N–H and O–H groups in total. The molecular formula is C14H20OS. The summed E-state index contributed by atoms with van der Waals surface area (Å²) >= 11 is 1.73. The Kier molecular flexibility index (Phi) is 4.30. The molecule has 0 amide bonds. The number of fused-ring (bicyclic) bond motifs is 1. The summed E-state index contributed by atoms with van der Waals surface area (Å²) in [7, 11) is 0. The van der Waals surface area contributed by atoms with Gasteiger partial charge < -0.3 is 5.11 Å². The fourth-order valence-corrected chi connectivity index (χ4v) is 3.21. The SMILES string of the molecule is CSCC(O)CC1CCCc2ccccc21. The lowest BCUT2D eigenvalue weighted by Crippen LogP contribution is -2.18. The maximum Gasteiger partial charge on any atom is 0.0636 e. The summed E-state index contributed by atoms with van der Waals surface area (Å²) in [6.07, 6.45) is 6.56. The Morgan fingerprint density at radius 1 is 1.44 bits per heavy atom. The van der Waals surface area contributed by atoms with E-state index in [2.05, 4.69) is 30.5 Å². The molecule has 0 saturated heterocycles. The van der Waals surface area contributed by atoms with Crippen molar-refractivity contribution in [1.29, 1.82) is 0 Å². The van der Waals surface area contributed by atoms with Crippen molar-refractivity contribution in [1.82, 2.24) is 0 Å².